The predicted octanol–water partition coefficient (Wildman–Crippen LogP) is 3.73. The fraction of sp³-hybridized carbons (Fsp3) is 0.462. The Balaban J connectivity index is 3.01. The smallest absolute Gasteiger partial charge is 0.320 e. The average molecular weight is 238 g/mol. The van der Waals surface area contributed by atoms with Crippen LogP contribution in [0.4, 0.5) is 0 Å². The minimum Gasteiger partial charge on any atom is -0.480 e. The summed E-state index contributed by atoms with van der Waals surface area (Å²) in [6, 6.07) is 7.93. The van der Waals surface area contributed by atoms with Crippen LogP contribution in [0.3, 0.4) is 0 Å². The number of hydrogen-bond donors (Lipinski definition) is 1. The Bertz CT molecular complexity index is 370. The van der Waals surface area contributed by atoms with Crippen LogP contribution in [0.1, 0.15) is 32.3 Å². The topological polar surface area (TPSA) is 37.3 Å². The molecule has 3 heteroatoms. The van der Waals surface area contributed by atoms with Gasteiger partial charge in [-0.15, -0.1) is 11.8 Å². The van der Waals surface area contributed by atoms with Gasteiger partial charge in [0.15, 0.2) is 0 Å². The van der Waals surface area contributed by atoms with Gasteiger partial charge in [-0.05, 0) is 31.4 Å². The van der Waals surface area contributed by atoms with Gasteiger partial charge >= 0.3 is 5.97 Å². The number of carboxylic acids is 1. The summed E-state index contributed by atoms with van der Waals surface area (Å²) in [7, 11) is 0. The molecule has 1 rings (SSSR count). The number of carboxylic acid groups (broad SMARTS) is 1. The molecule has 0 fully saturated rings. The number of aliphatic carboxylic acids is 1. The van der Waals surface area contributed by atoms with Crippen molar-refractivity contribution in [2.45, 2.75) is 43.3 Å². The molecule has 0 aliphatic rings. The molecular formula is C13H18O2S. The summed E-state index contributed by atoms with van der Waals surface area (Å²) in [4.78, 5) is 12.4. The zero-order chi connectivity index (χ0) is 12.2. The van der Waals surface area contributed by atoms with Gasteiger partial charge in [-0.2, -0.15) is 0 Å². The SMILES string of the molecule is CCC(CC)(Sc1ccccc1C)C(=O)O. The number of thioether (sulfide) groups is 1. The molecule has 16 heavy (non-hydrogen) atoms. The minimum absolute atomic E-state index is 0.637. The molecular weight excluding hydrogens is 220 g/mol. The van der Waals surface area contributed by atoms with E-state index in [9.17, 15) is 9.90 Å². The van der Waals surface area contributed by atoms with E-state index in [1.807, 2.05) is 45.0 Å². The summed E-state index contributed by atoms with van der Waals surface area (Å²) in [5.41, 5.74) is 1.14. The first-order chi connectivity index (χ1) is 7.55. The number of benzene rings is 1. The van der Waals surface area contributed by atoms with Crippen LogP contribution in [0.15, 0.2) is 29.2 Å². The largest absolute Gasteiger partial charge is 0.480 e. The molecule has 0 saturated carbocycles. The number of hydrogen-bond acceptors (Lipinski definition) is 2. The Kier molecular flexibility index (Phi) is 4.42. The van der Waals surface area contributed by atoms with Crippen molar-refractivity contribution in [3.63, 3.8) is 0 Å². The van der Waals surface area contributed by atoms with Crippen molar-refractivity contribution in [1.29, 1.82) is 0 Å². The molecule has 0 amide bonds. The van der Waals surface area contributed by atoms with Crippen molar-refractivity contribution in [3.05, 3.63) is 29.8 Å². The highest BCUT2D eigenvalue weighted by molar-refractivity contribution is 8.01. The van der Waals surface area contributed by atoms with Crippen LogP contribution in [0.25, 0.3) is 0 Å². The van der Waals surface area contributed by atoms with Gasteiger partial charge in [0.25, 0.3) is 0 Å². The highest BCUT2D eigenvalue weighted by Crippen LogP contribution is 2.39. The lowest BCUT2D eigenvalue weighted by Crippen LogP contribution is -2.33. The molecule has 1 aromatic carbocycles. The maximum absolute atomic E-state index is 11.4. The lowest BCUT2D eigenvalue weighted by molar-refractivity contribution is -0.140. The van der Waals surface area contributed by atoms with Crippen LogP contribution in [0.5, 0.6) is 0 Å². The highest BCUT2D eigenvalue weighted by Gasteiger charge is 2.36. The molecule has 1 aromatic rings. The maximum Gasteiger partial charge on any atom is 0.320 e. The van der Waals surface area contributed by atoms with E-state index in [4.69, 9.17) is 0 Å². The first-order valence-corrected chi connectivity index (χ1v) is 6.35. The normalized spacial score (nSPS) is 11.4. The summed E-state index contributed by atoms with van der Waals surface area (Å²) in [6.07, 6.45) is 1.27. The van der Waals surface area contributed by atoms with Gasteiger partial charge in [-0.1, -0.05) is 32.0 Å². The number of aryl methyl sites for hydroxylation is 1. The van der Waals surface area contributed by atoms with Crippen LogP contribution in [-0.2, 0) is 4.79 Å². The molecule has 0 heterocycles. The molecule has 0 saturated heterocycles. The third-order valence-electron chi connectivity index (χ3n) is 2.93. The summed E-state index contributed by atoms with van der Waals surface area (Å²) in [5.74, 6) is -0.717. The van der Waals surface area contributed by atoms with E-state index in [-0.39, 0.29) is 0 Å². The summed E-state index contributed by atoms with van der Waals surface area (Å²) < 4.78 is -0.688. The van der Waals surface area contributed by atoms with E-state index in [0.29, 0.717) is 12.8 Å². The van der Waals surface area contributed by atoms with E-state index in [0.717, 1.165) is 10.5 Å². The average Bonchev–Trinajstić information content (AvgIpc) is 2.28. The molecule has 0 radical (unpaired) electrons. The molecule has 0 spiro atoms. The molecule has 1 N–H and O–H groups in total. The summed E-state index contributed by atoms with van der Waals surface area (Å²) in [6.45, 7) is 5.88. The third-order valence-corrected chi connectivity index (χ3v) is 4.75. The third kappa shape index (κ3) is 2.59. The van der Waals surface area contributed by atoms with Gasteiger partial charge in [0.1, 0.15) is 4.75 Å². The van der Waals surface area contributed by atoms with Crippen molar-refractivity contribution in [1.82, 2.24) is 0 Å². The molecule has 88 valence electrons. The van der Waals surface area contributed by atoms with Crippen LogP contribution in [0.2, 0.25) is 0 Å². The van der Waals surface area contributed by atoms with E-state index >= 15 is 0 Å². The Morgan fingerprint density at radius 3 is 2.31 bits per heavy atom. The zero-order valence-corrected chi connectivity index (χ0v) is 10.8. The van der Waals surface area contributed by atoms with Crippen LogP contribution >= 0.6 is 11.8 Å². The summed E-state index contributed by atoms with van der Waals surface area (Å²) >= 11 is 1.47. The van der Waals surface area contributed by atoms with E-state index in [2.05, 4.69) is 0 Å². The first-order valence-electron chi connectivity index (χ1n) is 5.53. The lowest BCUT2D eigenvalue weighted by Gasteiger charge is -2.26. The van der Waals surface area contributed by atoms with Crippen LogP contribution in [-0.4, -0.2) is 15.8 Å². The fourth-order valence-electron chi connectivity index (χ4n) is 1.62. The van der Waals surface area contributed by atoms with Crippen molar-refractivity contribution in [2.75, 3.05) is 0 Å². The van der Waals surface area contributed by atoms with Crippen molar-refractivity contribution >= 4 is 17.7 Å². The molecule has 2 nitrogen and oxygen atoms in total. The quantitative estimate of drug-likeness (QED) is 0.794. The van der Waals surface area contributed by atoms with Gasteiger partial charge in [0.2, 0.25) is 0 Å². The molecule has 0 atom stereocenters. The van der Waals surface area contributed by atoms with E-state index in [1.165, 1.54) is 11.8 Å². The van der Waals surface area contributed by atoms with Crippen LogP contribution in [0, 0.1) is 6.92 Å². The Labute approximate surface area is 101 Å². The van der Waals surface area contributed by atoms with Crippen molar-refractivity contribution < 1.29 is 9.90 Å². The Morgan fingerprint density at radius 2 is 1.88 bits per heavy atom. The highest BCUT2D eigenvalue weighted by atomic mass is 32.2. The first kappa shape index (κ1) is 13.1. The molecule has 0 aromatic heterocycles. The van der Waals surface area contributed by atoms with Crippen molar-refractivity contribution in [2.24, 2.45) is 0 Å². The standard InChI is InChI=1S/C13H18O2S/c1-4-13(5-2,12(14)15)16-11-9-7-6-8-10(11)3/h6-9H,4-5H2,1-3H3,(H,14,15). The van der Waals surface area contributed by atoms with Gasteiger partial charge in [0.05, 0.1) is 0 Å². The Morgan fingerprint density at radius 1 is 1.31 bits per heavy atom. The number of rotatable bonds is 5. The van der Waals surface area contributed by atoms with Gasteiger partial charge in [0, 0.05) is 4.90 Å². The lowest BCUT2D eigenvalue weighted by atomic mass is 10.0. The molecule has 0 bridgehead atoms. The van der Waals surface area contributed by atoms with Crippen LogP contribution < -0.4 is 0 Å². The fourth-order valence-corrected chi connectivity index (χ4v) is 2.79. The van der Waals surface area contributed by atoms with Crippen molar-refractivity contribution in [3.8, 4) is 0 Å². The molecule has 0 aliphatic carbocycles. The minimum atomic E-state index is -0.717. The molecule has 0 aliphatic heterocycles. The van der Waals surface area contributed by atoms with Gasteiger partial charge < -0.3 is 5.11 Å². The Hall–Kier alpha value is -0.960. The second-order valence-electron chi connectivity index (χ2n) is 3.87. The zero-order valence-electron chi connectivity index (χ0n) is 9.99. The second kappa shape index (κ2) is 5.39. The van der Waals surface area contributed by atoms with E-state index < -0.39 is 10.7 Å². The van der Waals surface area contributed by atoms with Gasteiger partial charge in [-0.25, -0.2) is 0 Å². The molecule has 0 unspecified atom stereocenters. The monoisotopic (exact) mass is 238 g/mol. The predicted molar refractivity (Wildman–Crippen MR) is 68.0 cm³/mol. The maximum atomic E-state index is 11.4. The number of carbonyl (C=O) groups is 1. The van der Waals surface area contributed by atoms with Gasteiger partial charge in [-0.3, -0.25) is 4.79 Å². The summed E-state index contributed by atoms with van der Waals surface area (Å²) in [5, 5.41) is 9.36. The van der Waals surface area contributed by atoms with E-state index in [1.54, 1.807) is 0 Å². The second-order valence-corrected chi connectivity index (χ2v) is 5.30.